The number of hydrogen-bond acceptors (Lipinski definition) is 4. The zero-order chi connectivity index (χ0) is 56.6. The smallest absolute Gasteiger partial charge is 0.135 e. The first-order valence-corrected chi connectivity index (χ1v) is 28.9. The molecule has 14 rings (SSSR count). The number of aliphatic hydroxyl groups excluding tert-OH is 2. The van der Waals surface area contributed by atoms with Crippen LogP contribution in [0.1, 0.15) is 23.6 Å². The highest BCUT2D eigenvalue weighted by atomic mass is 16.5. The van der Waals surface area contributed by atoms with Gasteiger partial charge in [0.15, 0.2) is 0 Å². The van der Waals surface area contributed by atoms with Crippen LogP contribution in [0, 0.1) is 0 Å². The summed E-state index contributed by atoms with van der Waals surface area (Å²) in [6.07, 6.45) is 0. The van der Waals surface area contributed by atoms with Gasteiger partial charge in [-0.3, -0.25) is 0 Å². The van der Waals surface area contributed by atoms with Crippen LogP contribution in [0.4, 0.5) is 0 Å². The van der Waals surface area contributed by atoms with Gasteiger partial charge in [-0.05, 0) is 177 Å². The molecule has 0 aromatic heterocycles. The Morgan fingerprint density at radius 3 is 0.786 bits per heavy atom. The van der Waals surface area contributed by atoms with Gasteiger partial charge in [0.2, 0.25) is 0 Å². The van der Waals surface area contributed by atoms with Crippen LogP contribution < -0.4 is 9.47 Å². The van der Waals surface area contributed by atoms with E-state index in [1.54, 1.807) is 0 Å². The molecule has 84 heavy (non-hydrogen) atoms. The lowest BCUT2D eigenvalue weighted by molar-refractivity contribution is 0.202. The average molecular weight is 1090 g/mol. The van der Waals surface area contributed by atoms with Crippen LogP contribution in [-0.4, -0.2) is 36.6 Å². The van der Waals surface area contributed by atoms with E-state index < -0.39 is 5.41 Å². The van der Waals surface area contributed by atoms with E-state index in [1.165, 1.54) is 21.9 Å². The van der Waals surface area contributed by atoms with E-state index in [0.717, 1.165) is 115 Å². The van der Waals surface area contributed by atoms with Gasteiger partial charge in [0.1, 0.15) is 24.7 Å². The minimum absolute atomic E-state index is 0.113. The molecule has 0 atom stereocenters. The Balaban J connectivity index is 1.04. The van der Waals surface area contributed by atoms with Crippen molar-refractivity contribution in [2.75, 3.05) is 26.4 Å². The molecule has 404 valence electrons. The normalized spacial score (nSPS) is 11.7. The Hall–Kier alpha value is -10.1. The fraction of sp³-hybridized carbons (Fsp3) is 0.0750. The third-order valence-electron chi connectivity index (χ3n) is 17.0. The second kappa shape index (κ2) is 22.3. The quantitative estimate of drug-likeness (QED) is 0.100. The summed E-state index contributed by atoms with van der Waals surface area (Å²) in [5.74, 6) is 1.40. The molecule has 0 spiro atoms. The van der Waals surface area contributed by atoms with Crippen molar-refractivity contribution in [1.82, 2.24) is 0 Å². The lowest BCUT2D eigenvalue weighted by atomic mass is 9.68. The molecular weight excluding hydrogens is 1020 g/mol. The van der Waals surface area contributed by atoms with Gasteiger partial charge in [-0.25, -0.2) is 0 Å². The van der Waals surface area contributed by atoms with Gasteiger partial charge in [-0.1, -0.05) is 231 Å². The molecule has 0 heterocycles. The van der Waals surface area contributed by atoms with Crippen LogP contribution in [0.15, 0.2) is 285 Å². The van der Waals surface area contributed by atoms with E-state index in [2.05, 4.69) is 292 Å². The first-order chi connectivity index (χ1) is 41.4. The van der Waals surface area contributed by atoms with E-state index >= 15 is 0 Å². The fourth-order valence-electron chi connectivity index (χ4n) is 12.4. The summed E-state index contributed by atoms with van der Waals surface area (Å²) >= 11 is 0. The molecule has 0 aliphatic rings. The van der Waals surface area contributed by atoms with Gasteiger partial charge in [0.05, 0.1) is 13.2 Å². The molecule has 0 saturated carbocycles. The van der Waals surface area contributed by atoms with Crippen LogP contribution >= 0.6 is 0 Å². The van der Waals surface area contributed by atoms with E-state index in [0.29, 0.717) is 11.5 Å². The third-order valence-corrected chi connectivity index (χ3v) is 17.0. The van der Waals surface area contributed by atoms with Gasteiger partial charge in [-0.2, -0.15) is 0 Å². The number of ether oxygens (including phenoxy) is 2. The second-order valence-corrected chi connectivity index (χ2v) is 22.0. The topological polar surface area (TPSA) is 58.9 Å². The molecule has 0 bridgehead atoms. The highest BCUT2D eigenvalue weighted by Crippen LogP contribution is 2.51. The predicted molar refractivity (Wildman–Crippen MR) is 350 cm³/mol. The summed E-state index contributed by atoms with van der Waals surface area (Å²) in [5, 5.41) is 32.5. The van der Waals surface area contributed by atoms with Crippen molar-refractivity contribution in [2.45, 2.75) is 12.3 Å². The Kier molecular flexibility index (Phi) is 13.8. The van der Waals surface area contributed by atoms with Crippen molar-refractivity contribution in [1.29, 1.82) is 0 Å². The molecule has 0 amide bonds. The van der Waals surface area contributed by atoms with Crippen LogP contribution in [0.25, 0.3) is 121 Å². The van der Waals surface area contributed by atoms with Crippen LogP contribution in [0.2, 0.25) is 0 Å². The molecule has 2 N–H and O–H groups in total. The number of rotatable bonds is 15. The standard InChI is InChI=1S/C80H60O4/c1-80(71-38-36-59(37-39-71)58-22-24-60(25-23-58)66-31-26-53-12-2-7-17-61(53)44-66,72-49-74(67-32-27-54-13-3-8-18-62(54)45-67)78(83-42-40-81)75(50-72)68-33-28-55-14-4-9-19-63(55)46-68)73-51-76(69-34-29-56-15-5-10-20-64(56)47-69)79(84-43-41-82)77(52-73)70-35-30-57-16-6-11-21-65(57)48-70/h2-39,44-52,81-82H,40-43H2,1H3. The van der Waals surface area contributed by atoms with Crippen LogP contribution in [-0.2, 0) is 5.41 Å². The van der Waals surface area contributed by atoms with Crippen molar-refractivity contribution < 1.29 is 19.7 Å². The monoisotopic (exact) mass is 1080 g/mol. The van der Waals surface area contributed by atoms with Crippen molar-refractivity contribution >= 4 is 53.9 Å². The van der Waals surface area contributed by atoms with Crippen LogP contribution in [0.3, 0.4) is 0 Å². The summed E-state index contributed by atoms with van der Waals surface area (Å²) in [6, 6.07) is 103. The minimum Gasteiger partial charge on any atom is -0.490 e. The molecule has 0 aliphatic carbocycles. The summed E-state index contributed by atoms with van der Waals surface area (Å²) in [6.45, 7) is 2.29. The first-order valence-electron chi connectivity index (χ1n) is 28.9. The number of benzene rings is 14. The van der Waals surface area contributed by atoms with Crippen molar-refractivity contribution in [3.63, 3.8) is 0 Å². The van der Waals surface area contributed by atoms with E-state index in [-0.39, 0.29) is 26.4 Å². The van der Waals surface area contributed by atoms with Crippen molar-refractivity contribution in [3.8, 4) is 78.3 Å². The van der Waals surface area contributed by atoms with Gasteiger partial charge in [-0.15, -0.1) is 0 Å². The predicted octanol–water partition coefficient (Wildman–Crippen LogP) is 19.6. The summed E-state index contributed by atoms with van der Waals surface area (Å²) < 4.78 is 13.7. The van der Waals surface area contributed by atoms with Gasteiger partial charge in [0.25, 0.3) is 0 Å². The zero-order valence-corrected chi connectivity index (χ0v) is 46.7. The minimum atomic E-state index is -0.877. The number of hydrogen-bond donors (Lipinski definition) is 2. The molecule has 0 fully saturated rings. The SMILES string of the molecule is CC(c1ccc(-c2ccc(-c3ccc4ccccc4c3)cc2)cc1)(c1cc(-c2ccc3ccccc3c2)c(OCCO)c(-c2ccc3ccccc3c2)c1)c1cc(-c2ccc3ccccc3c2)c(OCCO)c(-c2ccc3ccccc3c2)c1. The lowest BCUT2D eigenvalue weighted by Gasteiger charge is -2.35. The molecule has 14 aromatic rings. The fourth-order valence-corrected chi connectivity index (χ4v) is 12.4. The molecule has 4 heteroatoms. The third kappa shape index (κ3) is 9.81. The van der Waals surface area contributed by atoms with Gasteiger partial charge < -0.3 is 19.7 Å². The lowest BCUT2D eigenvalue weighted by Crippen LogP contribution is -2.26. The Morgan fingerprint density at radius 1 is 0.250 bits per heavy atom. The maximum atomic E-state index is 10.5. The van der Waals surface area contributed by atoms with Crippen molar-refractivity contribution in [3.05, 3.63) is 302 Å². The molecule has 14 aromatic carbocycles. The van der Waals surface area contributed by atoms with E-state index in [4.69, 9.17) is 9.47 Å². The molecular formula is C80H60O4. The maximum Gasteiger partial charge on any atom is 0.135 e. The summed E-state index contributed by atoms with van der Waals surface area (Å²) in [5.41, 5.74) is 14.5. The van der Waals surface area contributed by atoms with E-state index in [9.17, 15) is 10.2 Å². The second-order valence-electron chi connectivity index (χ2n) is 22.0. The largest absolute Gasteiger partial charge is 0.490 e. The first kappa shape index (κ1) is 52.0. The Morgan fingerprint density at radius 2 is 0.488 bits per heavy atom. The highest BCUT2D eigenvalue weighted by Gasteiger charge is 2.36. The van der Waals surface area contributed by atoms with Gasteiger partial charge in [0, 0.05) is 27.7 Å². The highest BCUT2D eigenvalue weighted by molar-refractivity contribution is 5.97. The summed E-state index contributed by atoms with van der Waals surface area (Å²) in [7, 11) is 0. The van der Waals surface area contributed by atoms with E-state index in [1.807, 2.05) is 0 Å². The molecule has 0 aliphatic heterocycles. The maximum absolute atomic E-state index is 10.5. The summed E-state index contributed by atoms with van der Waals surface area (Å²) in [4.78, 5) is 0. The molecule has 4 nitrogen and oxygen atoms in total. The number of aliphatic hydroxyl groups is 2. The average Bonchev–Trinajstić information content (AvgIpc) is 2.28. The van der Waals surface area contributed by atoms with Crippen molar-refractivity contribution in [2.24, 2.45) is 0 Å². The van der Waals surface area contributed by atoms with Gasteiger partial charge >= 0.3 is 0 Å². The molecule has 0 radical (unpaired) electrons. The number of fused-ring (bicyclic) bond motifs is 5. The molecule has 0 unspecified atom stereocenters. The zero-order valence-electron chi connectivity index (χ0n) is 46.7. The Labute approximate surface area is 489 Å². The Bertz CT molecular complexity index is 4350. The molecule has 0 saturated heterocycles. The van der Waals surface area contributed by atoms with Crippen LogP contribution in [0.5, 0.6) is 11.5 Å².